The van der Waals surface area contributed by atoms with Gasteiger partial charge >= 0.3 is 0 Å². The van der Waals surface area contributed by atoms with E-state index in [9.17, 15) is 4.79 Å². The summed E-state index contributed by atoms with van der Waals surface area (Å²) < 4.78 is 6.52. The van der Waals surface area contributed by atoms with Crippen LogP contribution in [0.1, 0.15) is 41.7 Å². The molecular weight excluding hydrogens is 484 g/mol. The minimum Gasteiger partial charge on any atom is -0.490 e. The lowest BCUT2D eigenvalue weighted by molar-refractivity contribution is 0.0932. The number of aromatic nitrogens is 1. The molecule has 6 heteroatoms. The van der Waals surface area contributed by atoms with Gasteiger partial charge in [-0.1, -0.05) is 85.8 Å². The maximum atomic E-state index is 14.1. The first-order chi connectivity index (χ1) is 19.1. The Balaban J connectivity index is 1.48. The Hall–Kier alpha value is -3.74. The molecule has 39 heavy (non-hydrogen) atoms. The highest BCUT2D eigenvalue weighted by atomic mass is 16.5. The van der Waals surface area contributed by atoms with Gasteiger partial charge in [0.2, 0.25) is 0 Å². The van der Waals surface area contributed by atoms with Gasteiger partial charge in [-0.25, -0.2) is 4.98 Å². The largest absolute Gasteiger partial charge is 0.490 e. The number of carbonyl (C=O) groups excluding carboxylic acids is 1. The second-order valence-electron chi connectivity index (χ2n) is 10.2. The molecule has 3 aromatic carbocycles. The Kier molecular flexibility index (Phi) is 8.86. The van der Waals surface area contributed by atoms with Gasteiger partial charge in [-0.3, -0.25) is 4.79 Å². The van der Waals surface area contributed by atoms with Gasteiger partial charge in [0.15, 0.2) is 5.75 Å². The van der Waals surface area contributed by atoms with E-state index in [-0.39, 0.29) is 11.9 Å². The van der Waals surface area contributed by atoms with E-state index in [4.69, 9.17) is 9.72 Å². The lowest BCUT2D eigenvalue weighted by Gasteiger charge is -2.32. The molecule has 1 unspecified atom stereocenters. The first-order valence-electron chi connectivity index (χ1n) is 14.0. The van der Waals surface area contributed by atoms with Crippen LogP contribution < -0.4 is 10.1 Å². The fourth-order valence-corrected chi connectivity index (χ4v) is 5.22. The highest BCUT2D eigenvalue weighted by Gasteiger charge is 2.25. The van der Waals surface area contributed by atoms with Crippen molar-refractivity contribution < 1.29 is 9.53 Å². The standard InChI is InChI=1S/C33H38N4O2/c1-3-28(25-13-6-4-7-14-25)35-33(38)30-27-17-10-11-18-29(27)34-31(26-15-8-5-9-16-26)32(30)39-24-12-19-37-22-20-36(2)21-23-37/h4-11,13-18,28H,3,12,19-24H2,1-2H3,(H,35,38). The van der Waals surface area contributed by atoms with E-state index in [2.05, 4.69) is 41.2 Å². The lowest BCUT2D eigenvalue weighted by Crippen LogP contribution is -2.44. The molecule has 0 bridgehead atoms. The van der Waals surface area contributed by atoms with Gasteiger partial charge in [-0.2, -0.15) is 0 Å². The van der Waals surface area contributed by atoms with E-state index >= 15 is 0 Å². The molecule has 1 fully saturated rings. The normalized spacial score (nSPS) is 15.2. The molecule has 1 amide bonds. The van der Waals surface area contributed by atoms with Gasteiger partial charge in [0.05, 0.1) is 23.7 Å². The average Bonchev–Trinajstić information content (AvgIpc) is 2.99. The van der Waals surface area contributed by atoms with E-state index in [1.165, 1.54) is 0 Å². The number of nitrogens with one attached hydrogen (secondary N) is 1. The summed E-state index contributed by atoms with van der Waals surface area (Å²) in [5.41, 5.74) is 4.05. The molecule has 202 valence electrons. The van der Waals surface area contributed by atoms with Crippen molar-refractivity contribution in [1.82, 2.24) is 20.1 Å². The average molecular weight is 523 g/mol. The van der Waals surface area contributed by atoms with E-state index in [1.807, 2.05) is 72.8 Å². The molecule has 4 aromatic rings. The molecular formula is C33H38N4O2. The summed E-state index contributed by atoms with van der Waals surface area (Å²) in [5, 5.41) is 4.09. The first kappa shape index (κ1) is 26.9. The molecule has 1 saturated heterocycles. The summed E-state index contributed by atoms with van der Waals surface area (Å²) in [6.07, 6.45) is 1.67. The van der Waals surface area contributed by atoms with E-state index < -0.39 is 0 Å². The Morgan fingerprint density at radius 1 is 0.923 bits per heavy atom. The molecule has 1 atom stereocenters. The molecule has 0 aliphatic carbocycles. The highest BCUT2D eigenvalue weighted by molar-refractivity contribution is 6.10. The number of ether oxygens (including phenoxy) is 1. The third-order valence-corrected chi connectivity index (χ3v) is 7.50. The van der Waals surface area contributed by atoms with Crippen LogP contribution >= 0.6 is 0 Å². The maximum Gasteiger partial charge on any atom is 0.256 e. The van der Waals surface area contributed by atoms with Gasteiger partial charge in [0.25, 0.3) is 5.91 Å². The molecule has 0 spiro atoms. The number of rotatable bonds is 10. The molecule has 2 heterocycles. The summed E-state index contributed by atoms with van der Waals surface area (Å²) in [7, 11) is 2.17. The first-order valence-corrected chi connectivity index (χ1v) is 14.0. The number of para-hydroxylation sites is 1. The van der Waals surface area contributed by atoms with Crippen LogP contribution in [-0.2, 0) is 0 Å². The van der Waals surface area contributed by atoms with E-state index in [0.29, 0.717) is 23.6 Å². The molecule has 0 saturated carbocycles. The van der Waals surface area contributed by atoms with Crippen LogP contribution in [0.5, 0.6) is 5.75 Å². The molecule has 5 rings (SSSR count). The van der Waals surface area contributed by atoms with Crippen molar-refractivity contribution in [1.29, 1.82) is 0 Å². The van der Waals surface area contributed by atoms with Crippen molar-refractivity contribution in [3.05, 3.63) is 96.1 Å². The number of hydrogen-bond acceptors (Lipinski definition) is 5. The zero-order valence-corrected chi connectivity index (χ0v) is 23.0. The maximum absolute atomic E-state index is 14.1. The number of amides is 1. The van der Waals surface area contributed by atoms with Crippen LogP contribution in [-0.4, -0.2) is 67.1 Å². The van der Waals surface area contributed by atoms with Crippen molar-refractivity contribution >= 4 is 16.8 Å². The third-order valence-electron chi connectivity index (χ3n) is 7.50. The van der Waals surface area contributed by atoms with Gasteiger partial charge in [0, 0.05) is 43.7 Å². The fraction of sp³-hybridized carbons (Fsp3) is 0.333. The summed E-state index contributed by atoms with van der Waals surface area (Å²) in [5.74, 6) is 0.411. The quantitative estimate of drug-likeness (QED) is 0.267. The summed E-state index contributed by atoms with van der Waals surface area (Å²) in [4.78, 5) is 23.9. The van der Waals surface area contributed by atoms with Gasteiger partial charge in [0.1, 0.15) is 5.69 Å². The van der Waals surface area contributed by atoms with Crippen LogP contribution in [0.3, 0.4) is 0 Å². The Morgan fingerprint density at radius 2 is 1.59 bits per heavy atom. The van der Waals surface area contributed by atoms with Crippen LogP contribution in [0.2, 0.25) is 0 Å². The number of fused-ring (bicyclic) bond motifs is 1. The monoisotopic (exact) mass is 522 g/mol. The molecule has 6 nitrogen and oxygen atoms in total. The summed E-state index contributed by atoms with van der Waals surface area (Å²) >= 11 is 0. The number of hydrogen-bond donors (Lipinski definition) is 1. The molecule has 1 aromatic heterocycles. The predicted molar refractivity (Wildman–Crippen MR) is 158 cm³/mol. The number of carbonyl (C=O) groups is 1. The fourth-order valence-electron chi connectivity index (χ4n) is 5.22. The number of piperazine rings is 1. The smallest absolute Gasteiger partial charge is 0.256 e. The van der Waals surface area contributed by atoms with Crippen LogP contribution in [0.25, 0.3) is 22.2 Å². The number of likely N-dealkylation sites (N-methyl/N-ethyl adjacent to an activating group) is 1. The van der Waals surface area contributed by atoms with Crippen LogP contribution in [0.15, 0.2) is 84.9 Å². The van der Waals surface area contributed by atoms with Crippen molar-refractivity contribution in [2.24, 2.45) is 0 Å². The van der Waals surface area contributed by atoms with Gasteiger partial charge in [-0.15, -0.1) is 0 Å². The zero-order valence-electron chi connectivity index (χ0n) is 23.0. The minimum absolute atomic E-state index is 0.101. The zero-order chi connectivity index (χ0) is 27.0. The Bertz CT molecular complexity index is 1370. The number of benzene rings is 3. The molecule has 1 N–H and O–H groups in total. The van der Waals surface area contributed by atoms with E-state index in [1.54, 1.807) is 0 Å². The van der Waals surface area contributed by atoms with Crippen molar-refractivity contribution in [3.63, 3.8) is 0 Å². The Morgan fingerprint density at radius 3 is 2.31 bits per heavy atom. The molecule has 0 radical (unpaired) electrons. The second-order valence-corrected chi connectivity index (χ2v) is 10.2. The molecule has 1 aliphatic heterocycles. The minimum atomic E-state index is -0.143. The second kappa shape index (κ2) is 12.9. The van der Waals surface area contributed by atoms with Gasteiger partial charge < -0.3 is 19.9 Å². The van der Waals surface area contributed by atoms with Crippen molar-refractivity contribution in [2.75, 3.05) is 46.4 Å². The van der Waals surface area contributed by atoms with Crippen molar-refractivity contribution in [3.8, 4) is 17.0 Å². The summed E-state index contributed by atoms with van der Waals surface area (Å²) in [6.45, 7) is 7.93. The topological polar surface area (TPSA) is 57.7 Å². The summed E-state index contributed by atoms with van der Waals surface area (Å²) in [6, 6.07) is 27.9. The van der Waals surface area contributed by atoms with Crippen LogP contribution in [0.4, 0.5) is 0 Å². The SMILES string of the molecule is CCC(NC(=O)c1c(OCCCN2CCN(C)CC2)c(-c2ccccc2)nc2ccccc12)c1ccccc1. The lowest BCUT2D eigenvalue weighted by atomic mass is 10.00. The highest BCUT2D eigenvalue weighted by Crippen LogP contribution is 2.37. The van der Waals surface area contributed by atoms with Crippen LogP contribution in [0, 0.1) is 0 Å². The molecule has 1 aliphatic rings. The Labute approximate surface area is 231 Å². The van der Waals surface area contributed by atoms with E-state index in [0.717, 1.165) is 67.6 Å². The number of nitrogens with zero attached hydrogens (tertiary/aromatic N) is 3. The van der Waals surface area contributed by atoms with Crippen molar-refractivity contribution in [2.45, 2.75) is 25.8 Å². The van der Waals surface area contributed by atoms with Gasteiger partial charge in [-0.05, 0) is 31.5 Å². The predicted octanol–water partition coefficient (Wildman–Crippen LogP) is 5.80. The number of pyridine rings is 1. The third kappa shape index (κ3) is 6.47.